The first kappa shape index (κ1) is 11.4. The van der Waals surface area contributed by atoms with Crippen molar-refractivity contribution in [2.45, 2.75) is 6.43 Å². The standard InChI is InChI=1S/C9H8F3NO2/c10-7-3-5(14)1-2-6(7)9(15)13-4-8(11)12/h1-3,8,14H,4H2,(H,13,15). The van der Waals surface area contributed by atoms with Crippen molar-refractivity contribution in [1.82, 2.24) is 5.32 Å². The predicted octanol–water partition coefficient (Wildman–Crippen LogP) is 1.53. The molecule has 0 atom stereocenters. The van der Waals surface area contributed by atoms with Crippen LogP contribution >= 0.6 is 0 Å². The quantitative estimate of drug-likeness (QED) is 0.809. The number of carbonyl (C=O) groups excluding carboxylic acids is 1. The molecule has 2 N–H and O–H groups in total. The fraction of sp³-hybridized carbons (Fsp3) is 0.222. The Balaban J connectivity index is 2.74. The molecule has 1 aromatic rings. The van der Waals surface area contributed by atoms with Crippen LogP contribution in [0.25, 0.3) is 0 Å². The summed E-state index contributed by atoms with van der Waals surface area (Å²) in [6.45, 7) is -0.834. The number of phenols is 1. The number of halogens is 3. The molecule has 0 aliphatic rings. The van der Waals surface area contributed by atoms with Crippen LogP contribution in [0.15, 0.2) is 18.2 Å². The van der Waals surface area contributed by atoms with Crippen LogP contribution in [-0.2, 0) is 0 Å². The Kier molecular flexibility index (Phi) is 3.54. The van der Waals surface area contributed by atoms with Gasteiger partial charge in [0.2, 0.25) is 0 Å². The van der Waals surface area contributed by atoms with E-state index in [1.807, 2.05) is 5.32 Å². The van der Waals surface area contributed by atoms with Gasteiger partial charge in [-0.05, 0) is 12.1 Å². The normalized spacial score (nSPS) is 10.4. The van der Waals surface area contributed by atoms with Gasteiger partial charge in [0.25, 0.3) is 12.3 Å². The zero-order valence-corrected chi connectivity index (χ0v) is 7.51. The third-order valence-corrected chi connectivity index (χ3v) is 1.61. The Labute approximate surface area is 83.5 Å². The lowest BCUT2D eigenvalue weighted by Gasteiger charge is -2.05. The minimum Gasteiger partial charge on any atom is -0.508 e. The summed E-state index contributed by atoms with van der Waals surface area (Å²) >= 11 is 0. The molecule has 6 heteroatoms. The van der Waals surface area contributed by atoms with E-state index in [9.17, 15) is 18.0 Å². The molecule has 0 aliphatic heterocycles. The van der Waals surface area contributed by atoms with Crippen molar-refractivity contribution in [3.05, 3.63) is 29.6 Å². The topological polar surface area (TPSA) is 49.3 Å². The van der Waals surface area contributed by atoms with Gasteiger partial charge in [-0.15, -0.1) is 0 Å². The van der Waals surface area contributed by atoms with E-state index < -0.39 is 24.7 Å². The minimum absolute atomic E-state index is 0.335. The smallest absolute Gasteiger partial charge is 0.255 e. The van der Waals surface area contributed by atoms with Crippen LogP contribution in [0.5, 0.6) is 5.75 Å². The van der Waals surface area contributed by atoms with Gasteiger partial charge in [-0.2, -0.15) is 0 Å². The highest BCUT2D eigenvalue weighted by Crippen LogP contribution is 2.14. The lowest BCUT2D eigenvalue weighted by Crippen LogP contribution is -2.29. The summed E-state index contributed by atoms with van der Waals surface area (Å²) in [7, 11) is 0. The van der Waals surface area contributed by atoms with Crippen molar-refractivity contribution >= 4 is 5.91 Å². The zero-order chi connectivity index (χ0) is 11.4. The van der Waals surface area contributed by atoms with Crippen molar-refractivity contribution in [1.29, 1.82) is 0 Å². The Bertz CT molecular complexity index is 368. The third-order valence-electron chi connectivity index (χ3n) is 1.61. The van der Waals surface area contributed by atoms with E-state index in [1.165, 1.54) is 0 Å². The number of aromatic hydroxyl groups is 1. The average Bonchev–Trinajstić information content (AvgIpc) is 2.14. The number of hydrogen-bond acceptors (Lipinski definition) is 2. The SMILES string of the molecule is O=C(NCC(F)F)c1ccc(O)cc1F. The van der Waals surface area contributed by atoms with Gasteiger partial charge in [0.05, 0.1) is 12.1 Å². The van der Waals surface area contributed by atoms with E-state index in [0.29, 0.717) is 0 Å². The maximum Gasteiger partial charge on any atom is 0.255 e. The molecule has 1 amide bonds. The van der Waals surface area contributed by atoms with Gasteiger partial charge in [-0.1, -0.05) is 0 Å². The zero-order valence-electron chi connectivity index (χ0n) is 7.51. The van der Waals surface area contributed by atoms with Crippen molar-refractivity contribution in [2.24, 2.45) is 0 Å². The number of nitrogens with one attached hydrogen (secondary N) is 1. The lowest BCUT2D eigenvalue weighted by atomic mass is 10.2. The molecule has 0 bridgehead atoms. The van der Waals surface area contributed by atoms with Gasteiger partial charge in [0.1, 0.15) is 11.6 Å². The lowest BCUT2D eigenvalue weighted by molar-refractivity contribution is 0.0887. The van der Waals surface area contributed by atoms with E-state index in [4.69, 9.17) is 5.11 Å². The van der Waals surface area contributed by atoms with Crippen LogP contribution in [0.2, 0.25) is 0 Å². The molecule has 0 fully saturated rings. The molecule has 1 rings (SSSR count). The molecule has 0 saturated heterocycles. The molecular formula is C9H8F3NO2. The number of amides is 1. The molecular weight excluding hydrogens is 211 g/mol. The first-order chi connectivity index (χ1) is 7.00. The number of hydrogen-bond donors (Lipinski definition) is 2. The second-order valence-corrected chi connectivity index (χ2v) is 2.77. The molecule has 0 saturated carbocycles. The van der Waals surface area contributed by atoms with E-state index in [2.05, 4.69) is 0 Å². The molecule has 0 unspecified atom stereocenters. The maximum absolute atomic E-state index is 13.0. The van der Waals surface area contributed by atoms with E-state index in [0.717, 1.165) is 18.2 Å². The molecule has 1 aromatic carbocycles. The number of rotatable bonds is 3. The Morgan fingerprint density at radius 2 is 2.13 bits per heavy atom. The summed E-state index contributed by atoms with van der Waals surface area (Å²) in [5, 5.41) is 10.7. The van der Waals surface area contributed by atoms with Gasteiger partial charge in [0.15, 0.2) is 0 Å². The molecule has 15 heavy (non-hydrogen) atoms. The third kappa shape index (κ3) is 3.16. The number of phenolic OH excluding ortho intramolecular Hbond substituents is 1. The molecule has 0 aromatic heterocycles. The molecule has 0 aliphatic carbocycles. The summed E-state index contributed by atoms with van der Waals surface area (Å²) in [4.78, 5) is 11.1. The van der Waals surface area contributed by atoms with E-state index in [1.54, 1.807) is 0 Å². The van der Waals surface area contributed by atoms with Crippen molar-refractivity contribution in [3.8, 4) is 5.75 Å². The number of benzene rings is 1. The van der Waals surface area contributed by atoms with Gasteiger partial charge in [0, 0.05) is 6.07 Å². The predicted molar refractivity (Wildman–Crippen MR) is 46.4 cm³/mol. The largest absolute Gasteiger partial charge is 0.508 e. The number of alkyl halides is 2. The van der Waals surface area contributed by atoms with Gasteiger partial charge in [-0.25, -0.2) is 13.2 Å². The number of carbonyl (C=O) groups is 1. The fourth-order valence-electron chi connectivity index (χ4n) is 0.953. The highest BCUT2D eigenvalue weighted by molar-refractivity contribution is 5.94. The highest BCUT2D eigenvalue weighted by Gasteiger charge is 2.13. The summed E-state index contributed by atoms with van der Waals surface area (Å²) < 4.78 is 36.5. The molecule has 3 nitrogen and oxygen atoms in total. The fourth-order valence-corrected chi connectivity index (χ4v) is 0.953. The van der Waals surface area contributed by atoms with E-state index >= 15 is 0 Å². The van der Waals surface area contributed by atoms with Crippen LogP contribution in [0.4, 0.5) is 13.2 Å². The summed E-state index contributed by atoms with van der Waals surface area (Å²) in [5.41, 5.74) is -0.381. The average molecular weight is 219 g/mol. The molecule has 82 valence electrons. The first-order valence-corrected chi connectivity index (χ1v) is 4.05. The second-order valence-electron chi connectivity index (χ2n) is 2.77. The van der Waals surface area contributed by atoms with Crippen LogP contribution in [0, 0.1) is 5.82 Å². The first-order valence-electron chi connectivity index (χ1n) is 4.05. The summed E-state index contributed by atoms with van der Waals surface area (Å²) in [5.74, 6) is -2.23. The molecule has 0 spiro atoms. The van der Waals surface area contributed by atoms with Crippen LogP contribution in [-0.4, -0.2) is 24.0 Å². The van der Waals surface area contributed by atoms with Crippen molar-refractivity contribution in [2.75, 3.05) is 6.54 Å². The van der Waals surface area contributed by atoms with Crippen LogP contribution in [0.3, 0.4) is 0 Å². The van der Waals surface area contributed by atoms with E-state index in [-0.39, 0.29) is 11.3 Å². The Morgan fingerprint density at radius 1 is 1.47 bits per heavy atom. The van der Waals surface area contributed by atoms with Gasteiger partial charge < -0.3 is 10.4 Å². The summed E-state index contributed by atoms with van der Waals surface area (Å²) in [6.07, 6.45) is -2.69. The molecule has 0 radical (unpaired) electrons. The highest BCUT2D eigenvalue weighted by atomic mass is 19.3. The van der Waals surface area contributed by atoms with Gasteiger partial charge in [-0.3, -0.25) is 4.79 Å². The molecule has 0 heterocycles. The van der Waals surface area contributed by atoms with Crippen molar-refractivity contribution < 1.29 is 23.1 Å². The van der Waals surface area contributed by atoms with Crippen LogP contribution < -0.4 is 5.32 Å². The van der Waals surface area contributed by atoms with Crippen molar-refractivity contribution in [3.63, 3.8) is 0 Å². The minimum atomic E-state index is -2.69. The summed E-state index contributed by atoms with van der Waals surface area (Å²) in [6, 6.07) is 2.85. The van der Waals surface area contributed by atoms with Crippen LogP contribution in [0.1, 0.15) is 10.4 Å². The monoisotopic (exact) mass is 219 g/mol. The van der Waals surface area contributed by atoms with Gasteiger partial charge >= 0.3 is 0 Å². The Morgan fingerprint density at radius 3 is 2.67 bits per heavy atom. The maximum atomic E-state index is 13.0. The second kappa shape index (κ2) is 4.68. The Hall–Kier alpha value is -1.72.